The fraction of sp³-hybridized carbons (Fsp3) is 0.444. The summed E-state index contributed by atoms with van der Waals surface area (Å²) < 4.78 is 1.78. The first-order chi connectivity index (χ1) is 10.7. The van der Waals surface area contributed by atoms with Gasteiger partial charge in [-0.05, 0) is 24.9 Å². The Balaban J connectivity index is 0.000000366. The van der Waals surface area contributed by atoms with Gasteiger partial charge in [0, 0.05) is 6.20 Å². The summed E-state index contributed by atoms with van der Waals surface area (Å²) in [6.45, 7) is 6.76. The molecule has 1 heterocycles. The Morgan fingerprint density at radius 2 is 1.86 bits per heavy atom. The fourth-order valence-electron chi connectivity index (χ4n) is 1.79. The lowest BCUT2D eigenvalue weighted by Crippen LogP contribution is -1.94. The number of hydrogen-bond acceptors (Lipinski definition) is 3. The highest BCUT2D eigenvalue weighted by Gasteiger charge is 2.01. The number of hydrogen-bond donors (Lipinski definition) is 1. The first-order valence-corrected chi connectivity index (χ1v) is 7.74. The molecule has 2 aromatic rings. The molecular weight excluding hydrogens is 274 g/mol. The van der Waals surface area contributed by atoms with E-state index in [2.05, 4.69) is 61.8 Å². The summed E-state index contributed by atoms with van der Waals surface area (Å²) in [6, 6.07) is 10.6. The first-order valence-electron chi connectivity index (χ1n) is 7.74. The monoisotopic (exact) mass is 303 g/mol. The highest BCUT2D eigenvalue weighted by Crippen LogP contribution is 2.09. The van der Waals surface area contributed by atoms with Gasteiger partial charge in [-0.2, -0.15) is 0 Å². The second-order valence-electron chi connectivity index (χ2n) is 5.05. The maximum Gasteiger partial charge on any atom is 0.139 e. The van der Waals surface area contributed by atoms with Crippen LogP contribution in [0.15, 0.2) is 42.9 Å². The molecule has 0 aliphatic heterocycles. The molecule has 0 aliphatic rings. The van der Waals surface area contributed by atoms with Crippen molar-refractivity contribution in [3.05, 3.63) is 54.1 Å². The quantitative estimate of drug-likeness (QED) is 0.861. The van der Waals surface area contributed by atoms with Gasteiger partial charge in [0.25, 0.3) is 0 Å². The first kappa shape index (κ1) is 20.1. The van der Waals surface area contributed by atoms with Crippen molar-refractivity contribution in [2.24, 2.45) is 5.73 Å². The van der Waals surface area contributed by atoms with E-state index >= 15 is 0 Å². The predicted octanol–water partition coefficient (Wildman–Crippen LogP) is 3.42. The number of aldehydes is 1. The molecule has 0 fully saturated rings. The average molecular weight is 303 g/mol. The third kappa shape index (κ3) is 8.37. The normalized spacial score (nSPS) is 9.36. The second-order valence-corrected chi connectivity index (χ2v) is 5.05. The van der Waals surface area contributed by atoms with Gasteiger partial charge in [-0.25, -0.2) is 4.98 Å². The lowest BCUT2D eigenvalue weighted by Gasteiger charge is -1.96. The van der Waals surface area contributed by atoms with Gasteiger partial charge in [-0.1, -0.05) is 57.5 Å². The van der Waals surface area contributed by atoms with Gasteiger partial charge < -0.3 is 15.1 Å². The summed E-state index contributed by atoms with van der Waals surface area (Å²) in [7, 11) is 1.50. The van der Waals surface area contributed by atoms with Crippen LogP contribution >= 0.6 is 0 Å². The minimum absolute atomic E-state index is 0.402. The van der Waals surface area contributed by atoms with Crippen molar-refractivity contribution in [2.75, 3.05) is 7.05 Å². The van der Waals surface area contributed by atoms with E-state index in [4.69, 9.17) is 0 Å². The van der Waals surface area contributed by atoms with Crippen molar-refractivity contribution in [1.82, 2.24) is 9.55 Å². The zero-order valence-electron chi connectivity index (χ0n) is 14.2. The molecule has 122 valence electrons. The minimum atomic E-state index is 0.402. The molecular formula is C18H29N3O. The molecule has 1 aromatic heterocycles. The summed E-state index contributed by atoms with van der Waals surface area (Å²) in [6.07, 6.45) is 6.90. The molecule has 4 heteroatoms. The Morgan fingerprint density at radius 1 is 1.23 bits per heavy atom. The lowest BCUT2D eigenvalue weighted by molar-refractivity contribution is -0.108. The molecule has 0 aliphatic carbocycles. The van der Waals surface area contributed by atoms with Crippen LogP contribution in [0.2, 0.25) is 0 Å². The summed E-state index contributed by atoms with van der Waals surface area (Å²) in [5.74, 6) is 0.433. The van der Waals surface area contributed by atoms with E-state index in [1.54, 1.807) is 10.9 Å². The van der Waals surface area contributed by atoms with Gasteiger partial charge in [0.2, 0.25) is 0 Å². The maximum atomic E-state index is 10.1. The van der Waals surface area contributed by atoms with Gasteiger partial charge in [0.1, 0.15) is 6.29 Å². The van der Waals surface area contributed by atoms with Crippen molar-refractivity contribution in [1.29, 1.82) is 0 Å². The third-order valence-electron chi connectivity index (χ3n) is 2.91. The van der Waals surface area contributed by atoms with Crippen molar-refractivity contribution in [3.8, 4) is 0 Å². The van der Waals surface area contributed by atoms with Gasteiger partial charge in [-0.15, -0.1) is 0 Å². The molecule has 4 nitrogen and oxygen atoms in total. The molecule has 0 radical (unpaired) electrons. The van der Waals surface area contributed by atoms with E-state index in [0.29, 0.717) is 12.5 Å². The van der Waals surface area contributed by atoms with E-state index in [1.165, 1.54) is 25.5 Å². The Kier molecular flexibility index (Phi) is 11.6. The third-order valence-corrected chi connectivity index (χ3v) is 2.91. The van der Waals surface area contributed by atoms with E-state index in [0.717, 1.165) is 12.0 Å². The number of aryl methyl sites for hydroxylation is 1. The molecule has 0 atom stereocenters. The van der Waals surface area contributed by atoms with E-state index in [9.17, 15) is 4.79 Å². The predicted molar refractivity (Wildman–Crippen MR) is 92.9 cm³/mol. The highest BCUT2D eigenvalue weighted by molar-refractivity contribution is 5.49. The average Bonchev–Trinajstić information content (AvgIpc) is 3.01. The van der Waals surface area contributed by atoms with Crippen molar-refractivity contribution in [2.45, 2.75) is 46.1 Å². The van der Waals surface area contributed by atoms with Crippen LogP contribution in [0.4, 0.5) is 0 Å². The SMILES string of the molecule is CC(C)c1cn(CC=O)cn1.CCCc1ccccc1.CN. The molecule has 2 rings (SSSR count). The molecule has 2 N–H and O–H groups in total. The Bertz CT molecular complexity index is 492. The smallest absolute Gasteiger partial charge is 0.139 e. The molecule has 0 unspecified atom stereocenters. The van der Waals surface area contributed by atoms with Gasteiger partial charge in [-0.3, -0.25) is 0 Å². The number of imidazole rings is 1. The Labute approximate surface area is 134 Å². The van der Waals surface area contributed by atoms with E-state index < -0.39 is 0 Å². The zero-order valence-corrected chi connectivity index (χ0v) is 14.2. The second kappa shape index (κ2) is 12.8. The summed E-state index contributed by atoms with van der Waals surface area (Å²) >= 11 is 0. The molecule has 1 aromatic carbocycles. The largest absolute Gasteiger partial charge is 0.333 e. The van der Waals surface area contributed by atoms with Crippen LogP contribution in [0, 0.1) is 0 Å². The fourth-order valence-corrected chi connectivity index (χ4v) is 1.79. The number of benzene rings is 1. The van der Waals surface area contributed by atoms with E-state index in [-0.39, 0.29) is 0 Å². The lowest BCUT2D eigenvalue weighted by atomic mass is 10.1. The van der Waals surface area contributed by atoms with Crippen LogP contribution in [0.5, 0.6) is 0 Å². The van der Waals surface area contributed by atoms with Crippen LogP contribution in [-0.2, 0) is 17.8 Å². The summed E-state index contributed by atoms with van der Waals surface area (Å²) in [5, 5.41) is 0. The number of carbonyl (C=O) groups excluding carboxylic acids is 1. The van der Waals surface area contributed by atoms with Gasteiger partial charge in [0.15, 0.2) is 0 Å². The number of rotatable bonds is 5. The van der Waals surface area contributed by atoms with Crippen LogP contribution < -0.4 is 5.73 Å². The van der Waals surface area contributed by atoms with Crippen LogP contribution in [-0.4, -0.2) is 22.9 Å². The minimum Gasteiger partial charge on any atom is -0.333 e. The van der Waals surface area contributed by atoms with E-state index in [1.807, 2.05) is 6.20 Å². The summed E-state index contributed by atoms with van der Waals surface area (Å²) in [5.41, 5.74) is 6.98. The zero-order chi connectivity index (χ0) is 16.8. The van der Waals surface area contributed by atoms with Crippen LogP contribution in [0.1, 0.15) is 44.4 Å². The molecule has 0 bridgehead atoms. The standard InChI is InChI=1S/C9H12.C8H12N2O.CH5N/c1-2-6-9-7-4-3-5-8-9;1-7(2)8-5-10(3-4-11)6-9-8;1-2/h3-5,7-8H,2,6H2,1H3;4-7H,3H2,1-2H3;2H2,1H3. The summed E-state index contributed by atoms with van der Waals surface area (Å²) in [4.78, 5) is 14.2. The molecule has 0 amide bonds. The number of carbonyl (C=O) groups is 1. The van der Waals surface area contributed by atoms with Crippen molar-refractivity contribution in [3.63, 3.8) is 0 Å². The number of aromatic nitrogens is 2. The Hall–Kier alpha value is -1.94. The van der Waals surface area contributed by atoms with Gasteiger partial charge >= 0.3 is 0 Å². The van der Waals surface area contributed by atoms with Crippen molar-refractivity contribution < 1.29 is 4.79 Å². The van der Waals surface area contributed by atoms with Crippen LogP contribution in [0.3, 0.4) is 0 Å². The maximum absolute atomic E-state index is 10.1. The topological polar surface area (TPSA) is 60.9 Å². The number of nitrogens with zero attached hydrogens (tertiary/aromatic N) is 2. The molecule has 22 heavy (non-hydrogen) atoms. The molecule has 0 saturated heterocycles. The molecule has 0 saturated carbocycles. The van der Waals surface area contributed by atoms with Crippen molar-refractivity contribution >= 4 is 6.29 Å². The highest BCUT2D eigenvalue weighted by atomic mass is 16.1. The van der Waals surface area contributed by atoms with Crippen LogP contribution in [0.25, 0.3) is 0 Å². The van der Waals surface area contributed by atoms with Gasteiger partial charge in [0.05, 0.1) is 18.6 Å². The Morgan fingerprint density at radius 3 is 2.32 bits per heavy atom. The number of nitrogens with two attached hydrogens (primary N) is 1. The molecule has 0 spiro atoms.